The number of allylic oxidation sites excluding steroid dienone is 2. The molecule has 53 heavy (non-hydrogen) atoms. The molecule has 0 atom stereocenters. The van der Waals surface area contributed by atoms with Crippen molar-refractivity contribution in [3.63, 3.8) is 0 Å². The number of nitrogens with two attached hydrogens (primary N) is 2. The molecular formula is C46H43N7. The van der Waals surface area contributed by atoms with Crippen molar-refractivity contribution in [3.05, 3.63) is 192 Å². The van der Waals surface area contributed by atoms with Crippen molar-refractivity contribution in [1.82, 2.24) is 5.43 Å². The van der Waals surface area contributed by atoms with Gasteiger partial charge in [-0.05, 0) is 89.8 Å². The van der Waals surface area contributed by atoms with Crippen molar-refractivity contribution < 1.29 is 0 Å². The highest BCUT2D eigenvalue weighted by molar-refractivity contribution is 6.69. The van der Waals surface area contributed by atoms with Crippen LogP contribution >= 0.6 is 0 Å². The average molecular weight is 694 g/mol. The lowest BCUT2D eigenvalue weighted by atomic mass is 9.83. The summed E-state index contributed by atoms with van der Waals surface area (Å²) in [4.78, 5) is 4.40. The lowest BCUT2D eigenvalue weighted by Crippen LogP contribution is -2.32. The number of para-hydroxylation sites is 4. The fourth-order valence-corrected chi connectivity index (χ4v) is 6.54. The summed E-state index contributed by atoms with van der Waals surface area (Å²) in [6.45, 7) is 4.88. The molecule has 1 aliphatic carbocycles. The highest BCUT2D eigenvalue weighted by atomic mass is 15.3. The second kappa shape index (κ2) is 15.6. The first-order valence-electron chi connectivity index (χ1n) is 17.8. The second-order valence-corrected chi connectivity index (χ2v) is 13.3. The van der Waals surface area contributed by atoms with Crippen LogP contribution in [0.25, 0.3) is 11.1 Å². The van der Waals surface area contributed by atoms with Crippen LogP contribution in [0.1, 0.15) is 25.0 Å². The number of benzene rings is 6. The van der Waals surface area contributed by atoms with Crippen LogP contribution in [0.5, 0.6) is 0 Å². The van der Waals surface area contributed by atoms with Gasteiger partial charge in [0.25, 0.3) is 0 Å². The third kappa shape index (κ3) is 7.32. The van der Waals surface area contributed by atoms with Crippen molar-refractivity contribution >= 4 is 56.7 Å². The van der Waals surface area contributed by atoms with Crippen molar-refractivity contribution in [1.29, 1.82) is 5.41 Å². The maximum atomic E-state index is 9.55. The van der Waals surface area contributed by atoms with Gasteiger partial charge in [-0.1, -0.05) is 111 Å². The summed E-state index contributed by atoms with van der Waals surface area (Å²) in [6, 6.07) is 57.3. The molecule has 6 aromatic rings. The van der Waals surface area contributed by atoms with E-state index in [9.17, 15) is 5.41 Å². The Kier molecular flexibility index (Phi) is 10.2. The Morgan fingerprint density at radius 3 is 1.17 bits per heavy atom. The normalized spacial score (nSPS) is 13.8. The smallest absolute Gasteiger partial charge is 0.118 e. The largest absolute Gasteiger partial charge is 0.396 e. The molecule has 7 rings (SSSR count). The SMILES string of the molecule is CC(C)CN/N=C1\C(=N)C(c2ccc(N(c3ccccc3)c3ccccc3)cc2)=C(N)C(N)=C1c1ccc(N(c2ccccc2)c2ccccc2)cc1. The Morgan fingerprint density at radius 2 is 0.811 bits per heavy atom. The third-order valence-corrected chi connectivity index (χ3v) is 9.13. The van der Waals surface area contributed by atoms with Gasteiger partial charge in [-0.15, -0.1) is 0 Å². The summed E-state index contributed by atoms with van der Waals surface area (Å²) in [5.74, 6) is 0.355. The van der Waals surface area contributed by atoms with Crippen LogP contribution in [0, 0.1) is 11.3 Å². The number of hydrazone groups is 1. The van der Waals surface area contributed by atoms with E-state index in [1.807, 2.05) is 97.1 Å². The van der Waals surface area contributed by atoms with Gasteiger partial charge in [-0.2, -0.15) is 5.10 Å². The van der Waals surface area contributed by atoms with E-state index in [2.05, 4.69) is 102 Å². The number of hydrogen-bond donors (Lipinski definition) is 4. The van der Waals surface area contributed by atoms with Gasteiger partial charge in [0.05, 0.1) is 17.1 Å². The summed E-state index contributed by atoms with van der Waals surface area (Å²) in [5.41, 5.74) is 27.3. The van der Waals surface area contributed by atoms with E-state index in [0.29, 0.717) is 40.7 Å². The minimum atomic E-state index is 0.206. The van der Waals surface area contributed by atoms with Crippen LogP contribution < -0.4 is 26.7 Å². The molecule has 0 spiro atoms. The summed E-state index contributed by atoms with van der Waals surface area (Å²) in [6.07, 6.45) is 0. The van der Waals surface area contributed by atoms with E-state index in [1.54, 1.807) is 0 Å². The van der Waals surface area contributed by atoms with Gasteiger partial charge in [0.1, 0.15) is 5.71 Å². The van der Waals surface area contributed by atoms with Gasteiger partial charge < -0.3 is 26.7 Å². The molecule has 0 unspecified atom stereocenters. The molecule has 0 amide bonds. The zero-order valence-corrected chi connectivity index (χ0v) is 29.9. The van der Waals surface area contributed by atoms with Crippen LogP contribution in [0.4, 0.5) is 34.1 Å². The molecule has 0 heterocycles. The predicted molar refractivity (Wildman–Crippen MR) is 222 cm³/mol. The van der Waals surface area contributed by atoms with Crippen molar-refractivity contribution in [3.8, 4) is 0 Å². The van der Waals surface area contributed by atoms with E-state index in [4.69, 9.17) is 16.6 Å². The topological polar surface area (TPSA) is 107 Å². The van der Waals surface area contributed by atoms with Crippen molar-refractivity contribution in [2.45, 2.75) is 13.8 Å². The van der Waals surface area contributed by atoms with Crippen molar-refractivity contribution in [2.24, 2.45) is 22.5 Å². The summed E-state index contributed by atoms with van der Waals surface area (Å²) < 4.78 is 0. The molecule has 7 heteroatoms. The molecular weight excluding hydrogens is 651 g/mol. The Bertz CT molecular complexity index is 2180. The standard InChI is InChI=1S/C46H43N7/c1-32(2)31-50-51-46-42(34-25-29-40(30-26-34)53(37-19-11-5-12-20-37)38-21-13-6-14-22-38)44(48)43(47)41(45(46)49)33-23-27-39(28-24-33)52(35-15-7-3-8-16-35)36-17-9-4-10-18-36/h3-30,32,49-50H,31,47-48H2,1-2H3/b49-45?,51-46-. The average Bonchev–Trinajstić information content (AvgIpc) is 3.20. The maximum Gasteiger partial charge on any atom is 0.118 e. The number of nitrogens with zero attached hydrogens (tertiary/aromatic N) is 3. The summed E-state index contributed by atoms with van der Waals surface area (Å²) in [7, 11) is 0. The van der Waals surface area contributed by atoms with Crippen LogP contribution in [0.2, 0.25) is 0 Å². The van der Waals surface area contributed by atoms with Gasteiger partial charge >= 0.3 is 0 Å². The Hall–Kier alpha value is -6.86. The number of rotatable bonds is 11. The van der Waals surface area contributed by atoms with E-state index in [0.717, 1.165) is 45.3 Å². The lowest BCUT2D eigenvalue weighted by molar-refractivity contribution is 0.571. The van der Waals surface area contributed by atoms with E-state index >= 15 is 0 Å². The lowest BCUT2D eigenvalue weighted by Gasteiger charge is -2.28. The molecule has 0 bridgehead atoms. The van der Waals surface area contributed by atoms with Gasteiger partial charge in [0.15, 0.2) is 0 Å². The summed E-state index contributed by atoms with van der Waals surface area (Å²) in [5, 5.41) is 14.3. The third-order valence-electron chi connectivity index (χ3n) is 9.13. The first kappa shape index (κ1) is 34.6. The maximum absolute atomic E-state index is 9.55. The van der Waals surface area contributed by atoms with Gasteiger partial charge in [0.2, 0.25) is 0 Å². The quantitative estimate of drug-likeness (QED) is 0.0798. The van der Waals surface area contributed by atoms with E-state index in [1.165, 1.54) is 0 Å². The molecule has 0 fully saturated rings. The first-order valence-corrected chi connectivity index (χ1v) is 17.8. The molecule has 0 saturated carbocycles. The highest BCUT2D eigenvalue weighted by Crippen LogP contribution is 2.39. The zero-order valence-electron chi connectivity index (χ0n) is 29.9. The fourth-order valence-electron chi connectivity index (χ4n) is 6.54. The number of hydrogen-bond acceptors (Lipinski definition) is 7. The highest BCUT2D eigenvalue weighted by Gasteiger charge is 2.31. The van der Waals surface area contributed by atoms with Crippen LogP contribution in [-0.4, -0.2) is 18.0 Å². The van der Waals surface area contributed by atoms with E-state index < -0.39 is 0 Å². The molecule has 0 radical (unpaired) electrons. The number of anilines is 6. The zero-order chi connectivity index (χ0) is 36.7. The molecule has 7 nitrogen and oxygen atoms in total. The Labute approximate surface area is 311 Å². The number of nitrogens with one attached hydrogen (secondary N) is 2. The molecule has 0 saturated heterocycles. The molecule has 262 valence electrons. The van der Waals surface area contributed by atoms with Gasteiger partial charge in [-0.3, -0.25) is 5.41 Å². The van der Waals surface area contributed by atoms with E-state index in [-0.39, 0.29) is 5.71 Å². The summed E-state index contributed by atoms with van der Waals surface area (Å²) >= 11 is 0. The molecule has 1 aliphatic rings. The molecule has 0 aromatic heterocycles. The van der Waals surface area contributed by atoms with Crippen LogP contribution in [-0.2, 0) is 0 Å². The minimum Gasteiger partial charge on any atom is -0.396 e. The second-order valence-electron chi connectivity index (χ2n) is 13.3. The monoisotopic (exact) mass is 693 g/mol. The van der Waals surface area contributed by atoms with Crippen molar-refractivity contribution in [2.75, 3.05) is 16.3 Å². The molecule has 6 N–H and O–H groups in total. The fraction of sp³-hybridized carbons (Fsp3) is 0.0870. The molecule has 6 aromatic carbocycles. The molecule has 0 aliphatic heterocycles. The Morgan fingerprint density at radius 1 is 0.491 bits per heavy atom. The predicted octanol–water partition coefficient (Wildman–Crippen LogP) is 10.3. The Balaban J connectivity index is 1.28. The van der Waals surface area contributed by atoms with Gasteiger partial charge in [0, 0.05) is 51.8 Å². The van der Waals surface area contributed by atoms with Gasteiger partial charge in [-0.25, -0.2) is 0 Å². The van der Waals surface area contributed by atoms with Crippen LogP contribution in [0.15, 0.2) is 186 Å². The van der Waals surface area contributed by atoms with Crippen LogP contribution in [0.3, 0.4) is 0 Å². The minimum absolute atomic E-state index is 0.206. The first-order chi connectivity index (χ1) is 25.9.